The van der Waals surface area contributed by atoms with E-state index in [4.69, 9.17) is 21.1 Å². The molecule has 4 rings (SSSR count). The topological polar surface area (TPSA) is 76.6 Å². The molecule has 7 nitrogen and oxygen atoms in total. The van der Waals surface area contributed by atoms with E-state index in [9.17, 15) is 9.18 Å². The minimum absolute atomic E-state index is 0.00479. The number of allylic oxidation sites excluding steroid dienone is 1. The number of nitrogens with zero attached hydrogens (tertiary/aromatic N) is 3. The number of methoxy groups -OCH3 is 1. The van der Waals surface area contributed by atoms with Crippen LogP contribution < -0.4 is 15.0 Å². The van der Waals surface area contributed by atoms with Crippen LogP contribution >= 0.6 is 11.6 Å². The first kappa shape index (κ1) is 24.9. The van der Waals surface area contributed by atoms with Crippen molar-refractivity contribution in [3.8, 4) is 5.75 Å². The van der Waals surface area contributed by atoms with E-state index in [0.717, 1.165) is 38.7 Å². The first-order chi connectivity index (χ1) is 17.1. The number of hydrogen-bond acceptors (Lipinski definition) is 6. The van der Waals surface area contributed by atoms with Crippen LogP contribution in [0.1, 0.15) is 32.1 Å². The van der Waals surface area contributed by atoms with E-state index in [1.807, 2.05) is 18.2 Å². The van der Waals surface area contributed by atoms with Crippen LogP contribution in [0.4, 0.5) is 21.6 Å². The lowest BCUT2D eigenvalue weighted by atomic mass is 10.1. The third-order valence-corrected chi connectivity index (χ3v) is 6.06. The number of halogens is 2. The Labute approximate surface area is 208 Å². The van der Waals surface area contributed by atoms with E-state index >= 15 is 0 Å². The number of amides is 1. The zero-order valence-electron chi connectivity index (χ0n) is 19.6. The molecule has 3 aromatic rings. The van der Waals surface area contributed by atoms with Crippen LogP contribution in [0.15, 0.2) is 48.8 Å². The summed E-state index contributed by atoms with van der Waals surface area (Å²) >= 11 is 5.93. The number of anilines is 3. The van der Waals surface area contributed by atoms with Gasteiger partial charge in [-0.3, -0.25) is 4.79 Å². The number of rotatable bonds is 10. The largest absolute Gasteiger partial charge is 0.489 e. The molecule has 1 aliphatic heterocycles. The zero-order valence-corrected chi connectivity index (χ0v) is 20.4. The lowest BCUT2D eigenvalue weighted by molar-refractivity contribution is -0.114. The highest BCUT2D eigenvalue weighted by Crippen LogP contribution is 2.41. The van der Waals surface area contributed by atoms with E-state index in [1.54, 1.807) is 24.2 Å². The van der Waals surface area contributed by atoms with Crippen molar-refractivity contribution in [1.29, 1.82) is 0 Å². The van der Waals surface area contributed by atoms with Crippen LogP contribution in [0.2, 0.25) is 5.02 Å². The Morgan fingerprint density at radius 2 is 2.09 bits per heavy atom. The molecule has 1 N–H and O–H groups in total. The average molecular weight is 499 g/mol. The second-order valence-electron chi connectivity index (χ2n) is 8.22. The van der Waals surface area contributed by atoms with Crippen molar-refractivity contribution in [3.63, 3.8) is 0 Å². The zero-order chi connectivity index (χ0) is 24.6. The van der Waals surface area contributed by atoms with Crippen molar-refractivity contribution >= 4 is 45.6 Å². The summed E-state index contributed by atoms with van der Waals surface area (Å²) in [6, 6.07) is 8.01. The molecule has 0 bridgehead atoms. The van der Waals surface area contributed by atoms with Gasteiger partial charge >= 0.3 is 0 Å². The van der Waals surface area contributed by atoms with Gasteiger partial charge in [0.05, 0.1) is 28.2 Å². The van der Waals surface area contributed by atoms with Gasteiger partial charge in [-0.15, -0.1) is 0 Å². The number of carbonyl (C=O) groups excluding carboxylic acids is 1. The summed E-state index contributed by atoms with van der Waals surface area (Å²) in [7, 11) is 1.72. The maximum Gasteiger partial charge on any atom is 0.250 e. The lowest BCUT2D eigenvalue weighted by Gasteiger charge is -2.29. The molecule has 9 heteroatoms. The molecule has 0 atom stereocenters. The number of ether oxygens (including phenoxy) is 2. The van der Waals surface area contributed by atoms with Crippen molar-refractivity contribution in [1.82, 2.24) is 9.97 Å². The van der Waals surface area contributed by atoms with Gasteiger partial charge in [0.2, 0.25) is 0 Å². The second kappa shape index (κ2) is 12.0. The van der Waals surface area contributed by atoms with Gasteiger partial charge in [0.1, 0.15) is 24.6 Å². The number of carbonyl (C=O) groups is 1. The number of nitrogens with one attached hydrogen (secondary N) is 1. The van der Waals surface area contributed by atoms with Gasteiger partial charge in [-0.1, -0.05) is 30.5 Å². The highest BCUT2D eigenvalue weighted by atomic mass is 35.5. The fourth-order valence-electron chi connectivity index (χ4n) is 4.00. The number of benzene rings is 2. The predicted molar refractivity (Wildman–Crippen MR) is 136 cm³/mol. The van der Waals surface area contributed by atoms with Crippen molar-refractivity contribution in [2.24, 2.45) is 0 Å². The predicted octanol–water partition coefficient (Wildman–Crippen LogP) is 6.04. The van der Waals surface area contributed by atoms with Gasteiger partial charge in [0.25, 0.3) is 5.91 Å². The molecule has 2 heterocycles. The van der Waals surface area contributed by atoms with Crippen LogP contribution in [-0.4, -0.2) is 42.7 Å². The van der Waals surface area contributed by atoms with Gasteiger partial charge in [0, 0.05) is 19.4 Å². The molecule has 1 amide bonds. The monoisotopic (exact) mass is 498 g/mol. The maximum atomic E-state index is 13.6. The fourth-order valence-corrected chi connectivity index (χ4v) is 4.18. The first-order valence-corrected chi connectivity index (χ1v) is 12.1. The van der Waals surface area contributed by atoms with E-state index in [1.165, 1.54) is 18.5 Å². The summed E-state index contributed by atoms with van der Waals surface area (Å²) in [4.78, 5) is 23.4. The molecule has 35 heavy (non-hydrogen) atoms. The summed E-state index contributed by atoms with van der Waals surface area (Å²) in [6.45, 7) is 1.59. The van der Waals surface area contributed by atoms with Crippen LogP contribution in [-0.2, 0) is 9.53 Å². The summed E-state index contributed by atoms with van der Waals surface area (Å²) in [5.74, 6) is 0.418. The molecule has 0 spiro atoms. The second-order valence-corrected chi connectivity index (χ2v) is 8.63. The van der Waals surface area contributed by atoms with Crippen LogP contribution in [0.25, 0.3) is 10.9 Å². The number of aromatic nitrogens is 2. The van der Waals surface area contributed by atoms with E-state index < -0.39 is 5.82 Å². The smallest absolute Gasteiger partial charge is 0.250 e. The maximum absolute atomic E-state index is 13.6. The van der Waals surface area contributed by atoms with Crippen molar-refractivity contribution in [3.05, 3.63) is 59.7 Å². The Morgan fingerprint density at radius 3 is 2.91 bits per heavy atom. The number of hydrogen-bond donors (Lipinski definition) is 1. The quantitative estimate of drug-likeness (QED) is 0.271. The summed E-state index contributed by atoms with van der Waals surface area (Å²) in [5.41, 5.74) is 1.89. The summed E-state index contributed by atoms with van der Waals surface area (Å²) in [6.07, 6.45) is 10.2. The molecule has 0 saturated heterocycles. The Bertz CT molecular complexity index is 1220. The number of unbranched alkanes of at least 4 members (excludes halogenated alkanes) is 4. The van der Waals surface area contributed by atoms with Gasteiger partial charge in [-0.25, -0.2) is 14.4 Å². The Morgan fingerprint density at radius 1 is 1.23 bits per heavy atom. The molecule has 0 aliphatic carbocycles. The minimum Gasteiger partial charge on any atom is -0.489 e. The molecule has 0 saturated carbocycles. The molecule has 1 aliphatic rings. The molecule has 0 unspecified atom stereocenters. The average Bonchev–Trinajstić information content (AvgIpc) is 2.87. The van der Waals surface area contributed by atoms with Gasteiger partial charge in [0.15, 0.2) is 5.75 Å². The third kappa shape index (κ3) is 6.07. The van der Waals surface area contributed by atoms with Gasteiger partial charge < -0.3 is 19.7 Å². The van der Waals surface area contributed by atoms with E-state index in [2.05, 4.69) is 15.3 Å². The molecule has 1 aromatic heterocycles. The number of fused-ring (bicyclic) bond motifs is 3. The molecular weight excluding hydrogens is 471 g/mol. The van der Waals surface area contributed by atoms with E-state index in [-0.39, 0.29) is 10.9 Å². The Hall–Kier alpha value is -3.23. The fraction of sp³-hybridized carbons (Fsp3) is 0.346. The Kier molecular flexibility index (Phi) is 8.50. The molecule has 2 aromatic carbocycles. The highest BCUT2D eigenvalue weighted by Gasteiger charge is 2.26. The van der Waals surface area contributed by atoms with Crippen LogP contribution in [0.3, 0.4) is 0 Å². The minimum atomic E-state index is -0.501. The molecule has 0 fully saturated rings. The van der Waals surface area contributed by atoms with Crippen LogP contribution in [0, 0.1) is 5.82 Å². The standard InChI is InChI=1S/C26H28ClFN4O3/c1-34-14-7-5-3-2-4-6-8-23(33)32-13-15-35-25-22(32)12-11-21-24(25)26(30-17-29-21)31-18-9-10-20(28)19(27)16-18/h6,8-12,16-17H,2-5,7,13-15H2,1H3,(H,29,30,31)/b8-6+. The van der Waals surface area contributed by atoms with Crippen LogP contribution in [0.5, 0.6) is 5.75 Å². The Balaban J connectivity index is 1.52. The van der Waals surface area contributed by atoms with E-state index in [0.29, 0.717) is 47.0 Å². The third-order valence-electron chi connectivity index (χ3n) is 5.77. The lowest BCUT2D eigenvalue weighted by Crippen LogP contribution is -2.37. The summed E-state index contributed by atoms with van der Waals surface area (Å²) in [5, 5.41) is 3.81. The SMILES string of the molecule is COCCCCCC/C=C/C(=O)N1CCOc2c1ccc1ncnc(Nc3ccc(F)c(Cl)c3)c21. The first-order valence-electron chi connectivity index (χ1n) is 11.7. The van der Waals surface area contributed by atoms with Crippen molar-refractivity contribution in [2.45, 2.75) is 32.1 Å². The molecule has 0 radical (unpaired) electrons. The van der Waals surface area contributed by atoms with Gasteiger partial charge in [-0.05, 0) is 55.7 Å². The van der Waals surface area contributed by atoms with Crippen molar-refractivity contribution in [2.75, 3.05) is 37.1 Å². The normalized spacial score (nSPS) is 13.2. The highest BCUT2D eigenvalue weighted by molar-refractivity contribution is 6.31. The van der Waals surface area contributed by atoms with Crippen molar-refractivity contribution < 1.29 is 18.7 Å². The summed E-state index contributed by atoms with van der Waals surface area (Å²) < 4.78 is 24.6. The van der Waals surface area contributed by atoms with Gasteiger partial charge in [-0.2, -0.15) is 0 Å². The molecular formula is C26H28ClFN4O3. The molecule has 184 valence electrons.